The first-order chi connectivity index (χ1) is 17.0. The van der Waals surface area contributed by atoms with Gasteiger partial charge in [-0.1, -0.05) is 36.4 Å². The Morgan fingerprint density at radius 3 is 2.71 bits per heavy atom. The molecule has 8 nitrogen and oxygen atoms in total. The molecule has 1 heterocycles. The average Bonchev–Trinajstić information content (AvgIpc) is 3.44. The summed E-state index contributed by atoms with van der Waals surface area (Å²) in [5.41, 5.74) is 6.37. The number of carbonyl (C=O) groups is 3. The van der Waals surface area contributed by atoms with Crippen LogP contribution in [0.4, 0.5) is 5.00 Å². The van der Waals surface area contributed by atoms with Gasteiger partial charge in [0, 0.05) is 4.88 Å². The normalized spacial score (nSPS) is 12.3. The number of nitrogens with one attached hydrogen (secondary N) is 2. The molecule has 0 spiro atoms. The van der Waals surface area contributed by atoms with Crippen LogP contribution in [-0.2, 0) is 33.8 Å². The van der Waals surface area contributed by atoms with Crippen molar-refractivity contribution in [1.82, 2.24) is 5.43 Å². The van der Waals surface area contributed by atoms with Gasteiger partial charge in [0.25, 0.3) is 0 Å². The van der Waals surface area contributed by atoms with Gasteiger partial charge in [-0.05, 0) is 60.6 Å². The fourth-order valence-corrected chi connectivity index (χ4v) is 5.08. The molecule has 0 aliphatic heterocycles. The lowest BCUT2D eigenvalue weighted by molar-refractivity contribution is -0.136. The van der Waals surface area contributed by atoms with Gasteiger partial charge < -0.3 is 14.8 Å². The number of methoxy groups -OCH3 is 1. The third-order valence-electron chi connectivity index (χ3n) is 5.64. The second-order valence-corrected chi connectivity index (χ2v) is 9.10. The van der Waals surface area contributed by atoms with Gasteiger partial charge in [-0.25, -0.2) is 10.2 Å². The molecular formula is C26H25N3O5S. The van der Waals surface area contributed by atoms with E-state index in [1.807, 2.05) is 43.3 Å². The molecule has 2 amide bonds. The molecule has 9 heteroatoms. The number of thiophene rings is 1. The first-order valence-corrected chi connectivity index (χ1v) is 11.9. The lowest BCUT2D eigenvalue weighted by Crippen LogP contribution is -2.32. The summed E-state index contributed by atoms with van der Waals surface area (Å²) in [6, 6.07) is 15.2. The molecule has 0 bridgehead atoms. The molecule has 3 aromatic rings. The maximum Gasteiger partial charge on any atom is 0.341 e. The van der Waals surface area contributed by atoms with Crippen LogP contribution < -0.4 is 15.5 Å². The van der Waals surface area contributed by atoms with Crippen LogP contribution in [0, 0.1) is 6.92 Å². The van der Waals surface area contributed by atoms with Gasteiger partial charge in [0.05, 0.1) is 18.9 Å². The maximum atomic E-state index is 12.4. The molecule has 1 aliphatic carbocycles. The largest absolute Gasteiger partial charge is 0.489 e. The van der Waals surface area contributed by atoms with E-state index in [-0.39, 0.29) is 0 Å². The summed E-state index contributed by atoms with van der Waals surface area (Å²) in [6.07, 6.45) is 3.96. The number of aryl methyl sites for hydroxylation is 2. The molecule has 0 fully saturated rings. The minimum atomic E-state index is -0.947. The number of ether oxygens (including phenoxy) is 2. The molecule has 1 aliphatic rings. The fraction of sp³-hybridized carbons (Fsp3) is 0.231. The Kier molecular flexibility index (Phi) is 7.57. The van der Waals surface area contributed by atoms with E-state index in [4.69, 9.17) is 9.47 Å². The van der Waals surface area contributed by atoms with E-state index in [2.05, 4.69) is 15.8 Å². The van der Waals surface area contributed by atoms with Crippen LogP contribution in [0.3, 0.4) is 0 Å². The quantitative estimate of drug-likeness (QED) is 0.225. The SMILES string of the molecule is COC(=O)c1c(NC(=O)C(=O)N/N=C/c2cccc(OCc3ccccc3C)c2)sc2c1CCC2. The molecule has 2 N–H and O–H groups in total. The minimum absolute atomic E-state index is 0.323. The maximum absolute atomic E-state index is 12.4. The zero-order valence-electron chi connectivity index (χ0n) is 19.4. The van der Waals surface area contributed by atoms with Crippen molar-refractivity contribution in [3.8, 4) is 5.75 Å². The van der Waals surface area contributed by atoms with Crippen molar-refractivity contribution in [1.29, 1.82) is 0 Å². The van der Waals surface area contributed by atoms with E-state index in [9.17, 15) is 14.4 Å². The Bertz CT molecular complexity index is 1300. The zero-order chi connectivity index (χ0) is 24.8. The monoisotopic (exact) mass is 491 g/mol. The van der Waals surface area contributed by atoms with Crippen LogP contribution in [-0.4, -0.2) is 31.1 Å². The van der Waals surface area contributed by atoms with Crippen LogP contribution >= 0.6 is 11.3 Å². The van der Waals surface area contributed by atoms with Crippen molar-refractivity contribution in [3.63, 3.8) is 0 Å². The standard InChI is InChI=1S/C26H25N3O5S/c1-16-7-3-4-9-18(16)15-34-19-10-5-8-17(13-19)14-27-29-24(31)23(30)28-25-22(26(32)33-2)20-11-6-12-21(20)35-25/h3-5,7-10,13-14H,6,11-12,15H2,1-2H3,(H,28,30)(H,29,31)/b27-14+. The number of fused-ring (bicyclic) bond motifs is 1. The summed E-state index contributed by atoms with van der Waals surface area (Å²) in [4.78, 5) is 37.9. The van der Waals surface area contributed by atoms with Gasteiger partial charge in [0.2, 0.25) is 0 Å². The van der Waals surface area contributed by atoms with Crippen LogP contribution in [0.2, 0.25) is 0 Å². The number of anilines is 1. The summed E-state index contributed by atoms with van der Waals surface area (Å²) in [6.45, 7) is 2.46. The molecule has 0 atom stereocenters. The number of hydrogen-bond donors (Lipinski definition) is 2. The van der Waals surface area contributed by atoms with Crippen molar-refractivity contribution in [2.75, 3.05) is 12.4 Å². The highest BCUT2D eigenvalue weighted by Gasteiger charge is 2.29. The van der Waals surface area contributed by atoms with E-state index in [1.165, 1.54) is 24.7 Å². The number of hydrazone groups is 1. The Labute approximate surface area is 207 Å². The first kappa shape index (κ1) is 24.2. The first-order valence-electron chi connectivity index (χ1n) is 11.1. The van der Waals surface area contributed by atoms with Crippen LogP contribution in [0.15, 0.2) is 53.6 Å². The van der Waals surface area contributed by atoms with Crippen LogP contribution in [0.1, 0.15) is 43.9 Å². The number of benzene rings is 2. The van der Waals surface area contributed by atoms with Crippen molar-refractivity contribution in [2.24, 2.45) is 5.10 Å². The second-order valence-electron chi connectivity index (χ2n) is 7.99. The molecule has 1 aromatic heterocycles. The number of carbonyl (C=O) groups excluding carboxylic acids is 3. The average molecular weight is 492 g/mol. The Hall–Kier alpha value is -3.98. The second kappa shape index (κ2) is 11.0. The van der Waals surface area contributed by atoms with Crippen molar-refractivity contribution in [3.05, 3.63) is 81.2 Å². The molecule has 180 valence electrons. The third kappa shape index (κ3) is 5.75. The predicted molar refractivity (Wildman–Crippen MR) is 134 cm³/mol. The fourth-order valence-electron chi connectivity index (χ4n) is 3.80. The molecule has 0 saturated carbocycles. The Balaban J connectivity index is 1.34. The molecule has 4 rings (SSSR count). The Morgan fingerprint density at radius 1 is 1.09 bits per heavy atom. The topological polar surface area (TPSA) is 106 Å². The molecule has 0 unspecified atom stereocenters. The van der Waals surface area contributed by atoms with Crippen molar-refractivity contribution < 1.29 is 23.9 Å². The molecule has 2 aromatic carbocycles. The third-order valence-corrected chi connectivity index (χ3v) is 6.84. The van der Waals surface area contributed by atoms with Gasteiger partial charge in [-0.2, -0.15) is 5.10 Å². The van der Waals surface area contributed by atoms with E-state index in [0.29, 0.717) is 28.5 Å². The zero-order valence-corrected chi connectivity index (χ0v) is 20.2. The smallest absolute Gasteiger partial charge is 0.341 e. The molecular weight excluding hydrogens is 466 g/mol. The summed E-state index contributed by atoms with van der Waals surface area (Å²) < 4.78 is 10.7. The van der Waals surface area contributed by atoms with Crippen LogP contribution in [0.5, 0.6) is 5.75 Å². The Morgan fingerprint density at radius 2 is 1.91 bits per heavy atom. The molecule has 0 saturated heterocycles. The van der Waals surface area contributed by atoms with Gasteiger partial charge in [-0.15, -0.1) is 11.3 Å². The lowest BCUT2D eigenvalue weighted by Gasteiger charge is -2.09. The minimum Gasteiger partial charge on any atom is -0.489 e. The van der Waals surface area contributed by atoms with Crippen molar-refractivity contribution >= 4 is 40.3 Å². The van der Waals surface area contributed by atoms with Gasteiger partial charge >= 0.3 is 17.8 Å². The van der Waals surface area contributed by atoms with E-state index in [1.54, 1.807) is 12.1 Å². The number of esters is 1. The number of amides is 2. The van der Waals surface area contributed by atoms with E-state index < -0.39 is 17.8 Å². The van der Waals surface area contributed by atoms with E-state index >= 15 is 0 Å². The van der Waals surface area contributed by atoms with E-state index in [0.717, 1.165) is 40.8 Å². The van der Waals surface area contributed by atoms with Gasteiger partial charge in [0.1, 0.15) is 17.4 Å². The lowest BCUT2D eigenvalue weighted by atomic mass is 10.1. The highest BCUT2D eigenvalue weighted by atomic mass is 32.1. The number of rotatable bonds is 7. The van der Waals surface area contributed by atoms with Crippen molar-refractivity contribution in [2.45, 2.75) is 32.8 Å². The van der Waals surface area contributed by atoms with Gasteiger partial charge in [-0.3, -0.25) is 9.59 Å². The summed E-state index contributed by atoms with van der Waals surface area (Å²) >= 11 is 1.30. The number of hydrogen-bond acceptors (Lipinski definition) is 7. The van der Waals surface area contributed by atoms with Crippen LogP contribution in [0.25, 0.3) is 0 Å². The summed E-state index contributed by atoms with van der Waals surface area (Å²) in [7, 11) is 1.29. The highest BCUT2D eigenvalue weighted by molar-refractivity contribution is 7.17. The summed E-state index contributed by atoms with van der Waals surface area (Å²) in [5, 5.41) is 6.72. The highest BCUT2D eigenvalue weighted by Crippen LogP contribution is 2.39. The summed E-state index contributed by atoms with van der Waals surface area (Å²) in [5.74, 6) is -1.73. The predicted octanol–water partition coefficient (Wildman–Crippen LogP) is 4.00. The molecule has 0 radical (unpaired) electrons. The molecule has 35 heavy (non-hydrogen) atoms. The van der Waals surface area contributed by atoms with Gasteiger partial charge in [0.15, 0.2) is 0 Å². The number of nitrogens with zero attached hydrogens (tertiary/aromatic N) is 1.